The van der Waals surface area contributed by atoms with E-state index in [1.165, 1.54) is 19.1 Å². The maximum absolute atomic E-state index is 14.9. The lowest BCUT2D eigenvalue weighted by Gasteiger charge is -2.19. The van der Waals surface area contributed by atoms with Gasteiger partial charge in [0.05, 0.1) is 15.1 Å². The number of nitrogens with one attached hydrogen (secondary N) is 1. The summed E-state index contributed by atoms with van der Waals surface area (Å²) in [5, 5.41) is 11.1. The number of halogens is 7. The molecular weight excluding hydrogens is 509 g/mol. The van der Waals surface area contributed by atoms with E-state index in [0.717, 1.165) is 18.2 Å². The van der Waals surface area contributed by atoms with Crippen LogP contribution >= 0.6 is 34.8 Å². The van der Waals surface area contributed by atoms with Crippen LogP contribution in [-0.4, -0.2) is 28.7 Å². The Hall–Kier alpha value is -2.29. The third-order valence-corrected chi connectivity index (χ3v) is 6.49. The van der Waals surface area contributed by atoms with E-state index >= 15 is 0 Å². The second-order valence-corrected chi connectivity index (χ2v) is 8.90. The molecule has 2 aromatic rings. The molecule has 0 saturated heterocycles. The molecular formula is C22H16Cl3F4NO3. The summed E-state index contributed by atoms with van der Waals surface area (Å²) >= 11 is 17.5. The summed E-state index contributed by atoms with van der Waals surface area (Å²) in [6.45, 7) is 1.46. The van der Waals surface area contributed by atoms with E-state index in [4.69, 9.17) is 34.8 Å². The molecule has 1 amide bonds. The third-order valence-electron chi connectivity index (χ3n) is 5.29. The zero-order valence-corrected chi connectivity index (χ0v) is 19.1. The number of aryl methyl sites for hydroxylation is 1. The van der Waals surface area contributed by atoms with Gasteiger partial charge in [-0.1, -0.05) is 40.9 Å². The first-order chi connectivity index (χ1) is 15.2. The smallest absolute Gasteiger partial charge is 0.399 e. The van der Waals surface area contributed by atoms with E-state index in [2.05, 4.69) is 5.32 Å². The third kappa shape index (κ3) is 5.45. The summed E-state index contributed by atoms with van der Waals surface area (Å²) in [7, 11) is 0. The van der Waals surface area contributed by atoms with Crippen molar-refractivity contribution >= 4 is 52.5 Å². The Morgan fingerprint density at radius 1 is 1.12 bits per heavy atom. The Labute approximate surface area is 201 Å². The fraction of sp³-hybridized carbons (Fsp3) is 0.273. The summed E-state index contributed by atoms with van der Waals surface area (Å²) in [6, 6.07) is 5.50. The number of rotatable bonds is 6. The quantitative estimate of drug-likeness (QED) is 0.317. The molecule has 1 aliphatic carbocycles. The number of aliphatic carboxylic acids is 1. The summed E-state index contributed by atoms with van der Waals surface area (Å²) in [5.41, 5.74) is -1.55. The second kappa shape index (κ2) is 9.16. The molecule has 0 bridgehead atoms. The van der Waals surface area contributed by atoms with Crippen molar-refractivity contribution in [2.24, 2.45) is 0 Å². The lowest BCUT2D eigenvalue weighted by molar-refractivity contribution is -0.140. The Morgan fingerprint density at radius 2 is 1.70 bits per heavy atom. The first-order valence-corrected chi connectivity index (χ1v) is 10.6. The first-order valence-electron chi connectivity index (χ1n) is 9.50. The number of carbonyl (C=O) groups is 2. The SMILES string of the molecule is Cc1cc(/C(F)=C/C(c2cc(Cl)c(Cl)c(Cl)c2)C(F)(F)F)ccc1C(=O)NC1(C(=O)O)CC1. The Balaban J connectivity index is 1.91. The van der Waals surface area contributed by atoms with Gasteiger partial charge in [-0.25, -0.2) is 9.18 Å². The Kier molecular flexibility index (Phi) is 7.03. The van der Waals surface area contributed by atoms with Crippen LogP contribution in [0.4, 0.5) is 17.6 Å². The van der Waals surface area contributed by atoms with Crippen LogP contribution in [0.2, 0.25) is 15.1 Å². The average molecular weight is 525 g/mol. The molecule has 2 aromatic carbocycles. The molecule has 0 aromatic heterocycles. The van der Waals surface area contributed by atoms with Crippen LogP contribution in [0.15, 0.2) is 36.4 Å². The fourth-order valence-corrected chi connectivity index (χ4v) is 3.86. The monoisotopic (exact) mass is 523 g/mol. The summed E-state index contributed by atoms with van der Waals surface area (Å²) < 4.78 is 55.9. The van der Waals surface area contributed by atoms with Crippen molar-refractivity contribution in [2.45, 2.75) is 37.4 Å². The van der Waals surface area contributed by atoms with Gasteiger partial charge in [0.25, 0.3) is 5.91 Å². The van der Waals surface area contributed by atoms with Crippen molar-refractivity contribution in [1.29, 1.82) is 0 Å². The number of amides is 1. The number of alkyl halides is 3. The molecule has 33 heavy (non-hydrogen) atoms. The van der Waals surface area contributed by atoms with E-state index in [-0.39, 0.29) is 31.8 Å². The second-order valence-electron chi connectivity index (χ2n) is 7.70. The minimum Gasteiger partial charge on any atom is -0.480 e. The highest BCUT2D eigenvalue weighted by Gasteiger charge is 2.51. The van der Waals surface area contributed by atoms with Crippen molar-refractivity contribution in [3.8, 4) is 0 Å². The average Bonchev–Trinajstić information content (AvgIpc) is 3.49. The molecule has 3 rings (SSSR count). The highest BCUT2D eigenvalue weighted by atomic mass is 35.5. The molecule has 4 nitrogen and oxygen atoms in total. The molecule has 1 aliphatic rings. The molecule has 0 heterocycles. The number of carbonyl (C=O) groups excluding carboxylic acids is 1. The predicted molar refractivity (Wildman–Crippen MR) is 118 cm³/mol. The van der Waals surface area contributed by atoms with Gasteiger partial charge in [-0.3, -0.25) is 4.79 Å². The van der Waals surface area contributed by atoms with Crippen LogP contribution in [0.1, 0.15) is 45.8 Å². The molecule has 0 aliphatic heterocycles. The predicted octanol–water partition coefficient (Wildman–Crippen LogP) is 6.96. The van der Waals surface area contributed by atoms with E-state index in [1.807, 2.05) is 0 Å². The largest absolute Gasteiger partial charge is 0.480 e. The standard InChI is InChI=1S/C22H16Cl3F4NO3/c1-10-6-11(2-3-13(10)19(31)30-21(4-5-21)20(32)33)17(26)9-14(22(27,28)29)12-7-15(23)18(25)16(24)8-12/h2-3,6-9,14H,4-5H2,1H3,(H,30,31)(H,32,33)/b17-9-. The van der Waals surface area contributed by atoms with E-state index in [0.29, 0.717) is 18.9 Å². The molecule has 2 N–H and O–H groups in total. The zero-order valence-electron chi connectivity index (χ0n) is 16.9. The van der Waals surface area contributed by atoms with Gasteiger partial charge in [0.2, 0.25) is 0 Å². The van der Waals surface area contributed by atoms with Crippen LogP contribution in [-0.2, 0) is 4.79 Å². The van der Waals surface area contributed by atoms with E-state index in [1.54, 1.807) is 0 Å². The molecule has 1 unspecified atom stereocenters. The highest BCUT2D eigenvalue weighted by molar-refractivity contribution is 6.48. The van der Waals surface area contributed by atoms with Crippen molar-refractivity contribution in [3.05, 3.63) is 73.7 Å². The lowest BCUT2D eigenvalue weighted by atomic mass is 9.95. The molecule has 1 saturated carbocycles. The van der Waals surface area contributed by atoms with Crippen LogP contribution in [0.25, 0.3) is 5.83 Å². The molecule has 0 radical (unpaired) electrons. The number of carboxylic acids is 1. The highest BCUT2D eigenvalue weighted by Crippen LogP contribution is 2.42. The van der Waals surface area contributed by atoms with Crippen molar-refractivity contribution in [1.82, 2.24) is 5.32 Å². The molecule has 1 fully saturated rings. The normalized spacial score (nSPS) is 16.3. The number of benzene rings is 2. The Morgan fingerprint density at radius 3 is 2.15 bits per heavy atom. The minimum absolute atomic E-state index is 0.0858. The topological polar surface area (TPSA) is 66.4 Å². The van der Waals surface area contributed by atoms with Crippen LogP contribution < -0.4 is 5.32 Å². The van der Waals surface area contributed by atoms with Crippen LogP contribution in [0.3, 0.4) is 0 Å². The number of hydrogen-bond acceptors (Lipinski definition) is 2. The van der Waals surface area contributed by atoms with E-state index in [9.17, 15) is 32.3 Å². The van der Waals surface area contributed by atoms with Gasteiger partial charge < -0.3 is 10.4 Å². The molecule has 176 valence electrons. The van der Waals surface area contributed by atoms with Gasteiger partial charge in [0.1, 0.15) is 17.3 Å². The van der Waals surface area contributed by atoms with Gasteiger partial charge in [0.15, 0.2) is 0 Å². The lowest BCUT2D eigenvalue weighted by Crippen LogP contribution is -2.43. The number of carboxylic acid groups (broad SMARTS) is 1. The minimum atomic E-state index is -4.86. The van der Waals surface area contributed by atoms with Crippen LogP contribution in [0.5, 0.6) is 0 Å². The van der Waals surface area contributed by atoms with E-state index < -0.39 is 40.9 Å². The Bertz CT molecular complexity index is 1140. The first kappa shape index (κ1) is 25.3. The number of hydrogen-bond donors (Lipinski definition) is 2. The van der Waals surface area contributed by atoms with Crippen molar-refractivity contribution in [3.63, 3.8) is 0 Å². The van der Waals surface area contributed by atoms with Gasteiger partial charge in [-0.2, -0.15) is 13.2 Å². The van der Waals surface area contributed by atoms with Gasteiger partial charge in [-0.15, -0.1) is 0 Å². The maximum Gasteiger partial charge on any atom is 0.399 e. The summed E-state index contributed by atoms with van der Waals surface area (Å²) in [6.07, 6.45) is -3.89. The van der Waals surface area contributed by atoms with Crippen molar-refractivity contribution < 1.29 is 32.3 Å². The van der Waals surface area contributed by atoms with Gasteiger partial charge >= 0.3 is 12.1 Å². The summed E-state index contributed by atoms with van der Waals surface area (Å²) in [4.78, 5) is 23.7. The van der Waals surface area contributed by atoms with Gasteiger partial charge in [-0.05, 0) is 61.2 Å². The maximum atomic E-state index is 14.9. The summed E-state index contributed by atoms with van der Waals surface area (Å²) in [5.74, 6) is -5.36. The zero-order chi connectivity index (χ0) is 24.7. The molecule has 1 atom stereocenters. The van der Waals surface area contributed by atoms with Crippen molar-refractivity contribution in [2.75, 3.05) is 0 Å². The van der Waals surface area contributed by atoms with Crippen LogP contribution in [0, 0.1) is 6.92 Å². The number of allylic oxidation sites excluding steroid dienone is 1. The molecule has 0 spiro atoms. The molecule has 11 heteroatoms. The van der Waals surface area contributed by atoms with Gasteiger partial charge in [0, 0.05) is 11.1 Å². The fourth-order valence-electron chi connectivity index (χ4n) is 3.25.